The van der Waals surface area contributed by atoms with Crippen molar-refractivity contribution in [2.75, 3.05) is 5.32 Å². The van der Waals surface area contributed by atoms with Crippen molar-refractivity contribution in [2.45, 2.75) is 24.9 Å². The topological polar surface area (TPSA) is 134 Å². The van der Waals surface area contributed by atoms with Gasteiger partial charge in [0.15, 0.2) is 5.82 Å². The zero-order valence-corrected chi connectivity index (χ0v) is 19.9. The van der Waals surface area contributed by atoms with Crippen LogP contribution in [0, 0.1) is 0 Å². The van der Waals surface area contributed by atoms with Crippen LogP contribution in [0.15, 0.2) is 55.0 Å². The van der Waals surface area contributed by atoms with E-state index in [4.69, 9.17) is 5.73 Å². The largest absolute Gasteiger partial charge is 0.420 e. The lowest BCUT2D eigenvalue weighted by molar-refractivity contribution is -0.137. The Balaban J connectivity index is 1.49. The first kappa shape index (κ1) is 23.1. The maximum atomic E-state index is 14.1. The summed E-state index contributed by atoms with van der Waals surface area (Å²) in [5, 5.41) is 16.4. The number of carbonyl (C=O) groups is 2. The van der Waals surface area contributed by atoms with Crippen molar-refractivity contribution < 1.29 is 22.8 Å². The maximum absolute atomic E-state index is 14.1. The highest BCUT2D eigenvalue weighted by Crippen LogP contribution is 2.46. The van der Waals surface area contributed by atoms with Crippen molar-refractivity contribution >= 4 is 28.3 Å². The molecule has 1 fully saturated rings. The fraction of sp³-hybridized carbons (Fsp3) is 0.154. The summed E-state index contributed by atoms with van der Waals surface area (Å²) in [4.78, 5) is 30.0. The SMILES string of the molecule is NC(=O)c1c(-c2cnc(-n3nccn3)c(C(F)(F)F)c2)nn(-c2ccc3c4c(cccc24)C(=O)N3)c1C1CC1. The molecule has 7 rings (SSSR count). The summed E-state index contributed by atoms with van der Waals surface area (Å²) < 4.78 is 43.9. The average molecular weight is 530 g/mol. The van der Waals surface area contributed by atoms with E-state index in [-0.39, 0.29) is 28.6 Å². The summed E-state index contributed by atoms with van der Waals surface area (Å²) >= 11 is 0. The van der Waals surface area contributed by atoms with Gasteiger partial charge in [0.2, 0.25) is 0 Å². The van der Waals surface area contributed by atoms with Crippen molar-refractivity contribution in [2.24, 2.45) is 5.73 Å². The summed E-state index contributed by atoms with van der Waals surface area (Å²) in [6.07, 6.45) is 0.417. The number of primary amides is 1. The second kappa shape index (κ2) is 7.96. The molecule has 2 amide bonds. The zero-order valence-electron chi connectivity index (χ0n) is 19.9. The Morgan fingerprint density at radius 1 is 1.10 bits per heavy atom. The van der Waals surface area contributed by atoms with E-state index in [0.29, 0.717) is 33.4 Å². The zero-order chi connectivity index (χ0) is 27.1. The molecule has 194 valence electrons. The van der Waals surface area contributed by atoms with Crippen LogP contribution in [-0.4, -0.2) is 41.6 Å². The van der Waals surface area contributed by atoms with Gasteiger partial charge in [0.05, 0.1) is 29.3 Å². The van der Waals surface area contributed by atoms with Gasteiger partial charge in [-0.25, -0.2) is 9.67 Å². The number of amides is 2. The first-order valence-corrected chi connectivity index (χ1v) is 12.0. The first-order chi connectivity index (χ1) is 18.7. The Morgan fingerprint density at radius 3 is 2.56 bits per heavy atom. The summed E-state index contributed by atoms with van der Waals surface area (Å²) in [6.45, 7) is 0. The van der Waals surface area contributed by atoms with Gasteiger partial charge < -0.3 is 11.1 Å². The van der Waals surface area contributed by atoms with E-state index < -0.39 is 23.5 Å². The van der Waals surface area contributed by atoms with Crippen molar-refractivity contribution in [3.05, 3.63) is 77.4 Å². The molecule has 0 saturated heterocycles. The van der Waals surface area contributed by atoms with Crippen LogP contribution >= 0.6 is 0 Å². The van der Waals surface area contributed by atoms with Gasteiger partial charge >= 0.3 is 6.18 Å². The minimum Gasteiger partial charge on any atom is -0.365 e. The third-order valence-electron chi connectivity index (χ3n) is 6.92. The van der Waals surface area contributed by atoms with Gasteiger partial charge in [-0.1, -0.05) is 12.1 Å². The maximum Gasteiger partial charge on any atom is 0.420 e. The van der Waals surface area contributed by atoms with Gasteiger partial charge in [0.25, 0.3) is 11.8 Å². The number of hydrogen-bond acceptors (Lipinski definition) is 6. The molecule has 39 heavy (non-hydrogen) atoms. The third-order valence-corrected chi connectivity index (χ3v) is 6.92. The number of nitrogens with one attached hydrogen (secondary N) is 1. The molecule has 13 heteroatoms. The molecule has 4 heterocycles. The van der Waals surface area contributed by atoms with E-state index in [9.17, 15) is 22.8 Å². The quantitative estimate of drug-likeness (QED) is 0.349. The molecule has 5 aromatic rings. The van der Waals surface area contributed by atoms with Crippen LogP contribution in [0.25, 0.3) is 33.5 Å². The van der Waals surface area contributed by atoms with E-state index in [1.54, 1.807) is 28.9 Å². The van der Waals surface area contributed by atoms with Gasteiger partial charge in [-0.2, -0.15) is 28.5 Å². The molecule has 2 aliphatic rings. The van der Waals surface area contributed by atoms with Crippen molar-refractivity contribution in [3.8, 4) is 22.8 Å². The Kier molecular flexibility index (Phi) is 4.71. The van der Waals surface area contributed by atoms with Gasteiger partial charge in [0.1, 0.15) is 11.3 Å². The normalized spacial score (nSPS) is 14.7. The second-order valence-corrected chi connectivity index (χ2v) is 9.39. The second-order valence-electron chi connectivity index (χ2n) is 9.39. The molecule has 0 radical (unpaired) electrons. The van der Waals surface area contributed by atoms with E-state index in [0.717, 1.165) is 23.7 Å². The van der Waals surface area contributed by atoms with E-state index in [1.807, 2.05) is 6.07 Å². The summed E-state index contributed by atoms with van der Waals surface area (Å²) in [7, 11) is 0. The molecule has 1 saturated carbocycles. The Labute approximate surface area is 217 Å². The van der Waals surface area contributed by atoms with Crippen LogP contribution < -0.4 is 11.1 Å². The standard InChI is InChI=1S/C26H17F3N8O2/c27-26(28,29)16-10-13(11-31-24(16)37-32-8-9-33-37)21-20(23(30)38)22(12-4-5-12)36(35-21)18-7-6-17-19-14(18)2-1-3-15(19)25(39)34-17/h1-3,6-12H,4-5H2,(H2,30,38)(H,34,39). The molecule has 3 aromatic heterocycles. The molecule has 2 aromatic carbocycles. The number of alkyl halides is 3. The number of halogens is 3. The van der Waals surface area contributed by atoms with Gasteiger partial charge in [-0.05, 0) is 37.1 Å². The van der Waals surface area contributed by atoms with Crippen LogP contribution in [0.4, 0.5) is 18.9 Å². The summed E-state index contributed by atoms with van der Waals surface area (Å²) in [6, 6.07) is 9.65. The number of rotatable bonds is 5. The molecule has 0 spiro atoms. The van der Waals surface area contributed by atoms with Crippen LogP contribution in [0.2, 0.25) is 0 Å². The van der Waals surface area contributed by atoms with E-state index in [2.05, 4.69) is 25.6 Å². The minimum absolute atomic E-state index is 0.0140. The lowest BCUT2D eigenvalue weighted by Gasteiger charge is -2.12. The Morgan fingerprint density at radius 2 is 1.87 bits per heavy atom. The number of nitrogens with zero attached hydrogens (tertiary/aromatic N) is 6. The molecule has 3 N–H and O–H groups in total. The molecule has 0 bridgehead atoms. The van der Waals surface area contributed by atoms with Gasteiger partial charge in [-0.15, -0.1) is 4.80 Å². The molecular formula is C26H17F3N8O2. The molecule has 1 aliphatic carbocycles. The van der Waals surface area contributed by atoms with Crippen molar-refractivity contribution in [1.82, 2.24) is 29.8 Å². The smallest absolute Gasteiger partial charge is 0.365 e. The van der Waals surface area contributed by atoms with Gasteiger partial charge in [0, 0.05) is 39.7 Å². The number of nitrogens with two attached hydrogens (primary N) is 1. The lowest BCUT2D eigenvalue weighted by atomic mass is 10.0. The summed E-state index contributed by atoms with van der Waals surface area (Å²) in [5.41, 5.74) is 6.95. The van der Waals surface area contributed by atoms with Crippen LogP contribution in [-0.2, 0) is 6.18 Å². The fourth-order valence-electron chi connectivity index (χ4n) is 5.13. The highest BCUT2D eigenvalue weighted by molar-refractivity contribution is 6.25. The fourth-order valence-corrected chi connectivity index (χ4v) is 5.13. The third kappa shape index (κ3) is 3.50. The Bertz CT molecular complexity index is 1840. The number of hydrogen-bond donors (Lipinski definition) is 2. The van der Waals surface area contributed by atoms with Crippen molar-refractivity contribution in [3.63, 3.8) is 0 Å². The number of carbonyl (C=O) groups excluding carboxylic acids is 2. The predicted octanol–water partition coefficient (Wildman–Crippen LogP) is 4.23. The van der Waals surface area contributed by atoms with Crippen LogP contribution in [0.1, 0.15) is 50.7 Å². The van der Waals surface area contributed by atoms with Crippen LogP contribution in [0.5, 0.6) is 0 Å². The molecule has 0 unspecified atom stereocenters. The molecule has 10 nitrogen and oxygen atoms in total. The number of aromatic nitrogens is 6. The van der Waals surface area contributed by atoms with E-state index >= 15 is 0 Å². The van der Waals surface area contributed by atoms with Crippen LogP contribution in [0.3, 0.4) is 0 Å². The lowest BCUT2D eigenvalue weighted by Crippen LogP contribution is -2.16. The minimum atomic E-state index is -4.79. The highest BCUT2D eigenvalue weighted by atomic mass is 19.4. The molecule has 1 aliphatic heterocycles. The van der Waals surface area contributed by atoms with Crippen molar-refractivity contribution in [1.29, 1.82) is 0 Å². The first-order valence-electron chi connectivity index (χ1n) is 12.0. The summed E-state index contributed by atoms with van der Waals surface area (Å²) in [5.74, 6) is -1.61. The molecule has 0 atom stereocenters. The van der Waals surface area contributed by atoms with E-state index in [1.165, 1.54) is 18.6 Å². The monoisotopic (exact) mass is 530 g/mol. The number of benzene rings is 2. The molecular weight excluding hydrogens is 513 g/mol. The van der Waals surface area contributed by atoms with Gasteiger partial charge in [-0.3, -0.25) is 9.59 Å². The Hall–Kier alpha value is -5.07. The number of pyridine rings is 1. The average Bonchev–Trinajstić information content (AvgIpc) is 3.30. The predicted molar refractivity (Wildman–Crippen MR) is 133 cm³/mol. The number of anilines is 1. The highest BCUT2D eigenvalue weighted by Gasteiger charge is 2.39.